The van der Waals surface area contributed by atoms with Crippen LogP contribution in [-0.2, 0) is 4.52 Å². The van der Waals surface area contributed by atoms with Crippen LogP contribution in [0, 0.1) is 46.3 Å². The average Bonchev–Trinajstić information content (AvgIpc) is 3.15. The van der Waals surface area contributed by atoms with Crippen molar-refractivity contribution in [3.63, 3.8) is 0 Å². The summed E-state index contributed by atoms with van der Waals surface area (Å²) in [6.07, 6.45) is 17.0. The van der Waals surface area contributed by atoms with Crippen LogP contribution in [0.4, 0.5) is 4.20 Å². The molecule has 0 heterocycles. The van der Waals surface area contributed by atoms with Gasteiger partial charge in [0.2, 0.25) is 0 Å². The number of allylic oxidation sites excluding steroid dienone is 1. The summed E-state index contributed by atoms with van der Waals surface area (Å²) in [4.78, 5) is 0. The van der Waals surface area contributed by atoms with Gasteiger partial charge in [0.15, 0.2) is 0 Å². The fourth-order valence-electron chi connectivity index (χ4n) is 9.88. The maximum Gasteiger partial charge on any atom is 0.304 e. The van der Waals surface area contributed by atoms with Crippen LogP contribution in [0.2, 0.25) is 0 Å². The Kier molecular flexibility index (Phi) is 9.62. The highest BCUT2D eigenvalue weighted by Gasteiger charge is 2.59. The van der Waals surface area contributed by atoms with Crippen LogP contribution in [0.15, 0.2) is 11.6 Å². The third kappa shape index (κ3) is 5.91. The average molecular weight is 536 g/mol. The number of hydrogen-bond donors (Lipinski definition) is 0. The first-order valence-corrected chi connectivity index (χ1v) is 17.1. The van der Waals surface area contributed by atoms with Gasteiger partial charge in [0.25, 0.3) is 0 Å². The first kappa shape index (κ1) is 30.0. The van der Waals surface area contributed by atoms with E-state index in [1.807, 2.05) is 4.67 Å². The van der Waals surface area contributed by atoms with Crippen LogP contribution < -0.4 is 0 Å². The predicted octanol–water partition coefficient (Wildman–Crippen LogP) is 10.7. The highest BCUT2D eigenvalue weighted by Crippen LogP contribution is 2.67. The lowest BCUT2D eigenvalue weighted by Crippen LogP contribution is -2.51. The van der Waals surface area contributed by atoms with Crippen LogP contribution in [0.5, 0.6) is 0 Å². The van der Waals surface area contributed by atoms with Gasteiger partial charge in [0, 0.05) is 12.1 Å². The second-order valence-electron chi connectivity index (χ2n) is 15.1. The number of hydrogen-bond acceptors (Lipinski definition) is 2. The first-order chi connectivity index (χ1) is 17.4. The lowest BCUT2D eigenvalue weighted by atomic mass is 9.47. The minimum absolute atomic E-state index is 0.0448. The van der Waals surface area contributed by atoms with Gasteiger partial charge >= 0.3 is 8.61 Å². The fourth-order valence-corrected chi connectivity index (χ4v) is 11.1. The van der Waals surface area contributed by atoms with Crippen molar-refractivity contribution in [2.24, 2.45) is 46.3 Å². The van der Waals surface area contributed by atoms with Gasteiger partial charge in [-0.2, -0.15) is 4.20 Å². The normalized spacial score (nSPS) is 39.5. The van der Waals surface area contributed by atoms with E-state index in [-0.39, 0.29) is 18.2 Å². The molecular formula is C33H59FNOP. The molecule has 4 aliphatic rings. The van der Waals surface area contributed by atoms with Crippen molar-refractivity contribution in [3.8, 4) is 0 Å². The number of fused-ring (bicyclic) bond motifs is 5. The molecule has 0 aromatic rings. The van der Waals surface area contributed by atoms with E-state index < -0.39 is 8.61 Å². The third-order valence-electron chi connectivity index (χ3n) is 11.7. The van der Waals surface area contributed by atoms with Gasteiger partial charge < -0.3 is 4.52 Å². The molecule has 214 valence electrons. The standard InChI is InChI=1S/C33H59FNOP/c1-22(2)11-10-12-25(7)29-15-16-30-28-14-13-26-21-27(36-37(34)35(23(3)4)24(5)6)17-19-32(26,8)31(28)18-20-33(29,30)9/h13,22-25,27-31H,10-12,14-21H2,1-9H3/t25-,27+,28+,29-,30+,31+,32+,33-,37?/m1/s1. The third-order valence-corrected chi connectivity index (χ3v) is 13.5. The molecule has 0 aliphatic heterocycles. The van der Waals surface area contributed by atoms with Crippen molar-refractivity contribution in [2.45, 2.75) is 151 Å². The minimum atomic E-state index is -2.03. The Morgan fingerprint density at radius 2 is 1.65 bits per heavy atom. The molecule has 0 bridgehead atoms. The largest absolute Gasteiger partial charge is 0.315 e. The van der Waals surface area contributed by atoms with Crippen LogP contribution in [0.1, 0.15) is 133 Å². The molecule has 0 amide bonds. The highest BCUT2D eigenvalue weighted by atomic mass is 31.2. The van der Waals surface area contributed by atoms with E-state index in [0.717, 1.165) is 48.3 Å². The summed E-state index contributed by atoms with van der Waals surface area (Å²) < 4.78 is 23.4. The lowest BCUT2D eigenvalue weighted by Gasteiger charge is -2.58. The fraction of sp³-hybridized carbons (Fsp3) is 0.939. The summed E-state index contributed by atoms with van der Waals surface area (Å²) in [5, 5.41) is 0. The smallest absolute Gasteiger partial charge is 0.304 e. The molecule has 3 saturated carbocycles. The van der Waals surface area contributed by atoms with Crippen LogP contribution >= 0.6 is 8.61 Å². The molecule has 37 heavy (non-hydrogen) atoms. The van der Waals surface area contributed by atoms with Crippen molar-refractivity contribution in [1.29, 1.82) is 0 Å². The Labute approximate surface area is 231 Å². The van der Waals surface area contributed by atoms with Crippen molar-refractivity contribution in [3.05, 3.63) is 11.6 Å². The van der Waals surface area contributed by atoms with Gasteiger partial charge in [-0.1, -0.05) is 65.5 Å². The van der Waals surface area contributed by atoms with E-state index in [9.17, 15) is 0 Å². The maximum atomic E-state index is 15.3. The van der Waals surface area contributed by atoms with Crippen LogP contribution in [0.3, 0.4) is 0 Å². The predicted molar refractivity (Wildman–Crippen MR) is 158 cm³/mol. The molecule has 2 nitrogen and oxygen atoms in total. The second-order valence-corrected chi connectivity index (χ2v) is 16.2. The van der Waals surface area contributed by atoms with Gasteiger partial charge in [-0.25, -0.2) is 4.67 Å². The zero-order valence-electron chi connectivity index (χ0n) is 25.7. The van der Waals surface area contributed by atoms with Crippen molar-refractivity contribution in [2.75, 3.05) is 0 Å². The lowest BCUT2D eigenvalue weighted by molar-refractivity contribution is -0.0561. The van der Waals surface area contributed by atoms with E-state index in [2.05, 4.69) is 68.4 Å². The number of halogens is 1. The summed E-state index contributed by atoms with van der Waals surface area (Å²) in [7, 11) is -2.03. The molecule has 0 saturated heterocycles. The van der Waals surface area contributed by atoms with Crippen molar-refractivity contribution >= 4 is 8.61 Å². The maximum absolute atomic E-state index is 15.3. The molecule has 0 radical (unpaired) electrons. The van der Waals surface area contributed by atoms with E-state index in [1.165, 1.54) is 57.8 Å². The Balaban J connectivity index is 1.42. The molecule has 9 atom stereocenters. The molecule has 4 aliphatic carbocycles. The van der Waals surface area contributed by atoms with Crippen LogP contribution in [0.25, 0.3) is 0 Å². The van der Waals surface area contributed by atoms with Gasteiger partial charge in [-0.05, 0) is 125 Å². The zero-order chi connectivity index (χ0) is 27.1. The molecule has 0 aromatic heterocycles. The van der Waals surface area contributed by atoms with Crippen molar-refractivity contribution in [1.82, 2.24) is 4.67 Å². The Morgan fingerprint density at radius 1 is 0.946 bits per heavy atom. The van der Waals surface area contributed by atoms with Crippen LogP contribution in [-0.4, -0.2) is 22.9 Å². The molecule has 0 aromatic carbocycles. The van der Waals surface area contributed by atoms with Gasteiger partial charge in [-0.15, -0.1) is 0 Å². The number of rotatable bonds is 10. The number of nitrogens with zero attached hydrogens (tertiary/aromatic N) is 1. The first-order valence-electron chi connectivity index (χ1n) is 16.0. The molecule has 0 N–H and O–H groups in total. The monoisotopic (exact) mass is 535 g/mol. The summed E-state index contributed by atoms with van der Waals surface area (Å²) in [5.41, 5.74) is 2.45. The van der Waals surface area contributed by atoms with Gasteiger partial charge in [0.05, 0.1) is 6.10 Å². The summed E-state index contributed by atoms with van der Waals surface area (Å²) in [6, 6.07) is 0.341. The van der Waals surface area contributed by atoms with Crippen molar-refractivity contribution < 1.29 is 8.72 Å². The van der Waals surface area contributed by atoms with E-state index in [4.69, 9.17) is 4.52 Å². The molecule has 4 rings (SSSR count). The molecule has 1 unspecified atom stereocenters. The second kappa shape index (κ2) is 11.9. The minimum Gasteiger partial charge on any atom is -0.315 e. The van der Waals surface area contributed by atoms with Gasteiger partial charge in [0.1, 0.15) is 0 Å². The Morgan fingerprint density at radius 3 is 2.30 bits per heavy atom. The van der Waals surface area contributed by atoms with E-state index in [1.54, 1.807) is 5.57 Å². The quantitative estimate of drug-likeness (QED) is 0.204. The molecule has 0 spiro atoms. The summed E-state index contributed by atoms with van der Waals surface area (Å²) in [6.45, 7) is 20.9. The molecular weight excluding hydrogens is 476 g/mol. The topological polar surface area (TPSA) is 12.5 Å². The van der Waals surface area contributed by atoms with E-state index in [0.29, 0.717) is 10.8 Å². The molecule has 3 fully saturated rings. The summed E-state index contributed by atoms with van der Waals surface area (Å²) in [5.74, 6) is 5.19. The summed E-state index contributed by atoms with van der Waals surface area (Å²) >= 11 is 0. The Bertz CT molecular complexity index is 789. The van der Waals surface area contributed by atoms with Gasteiger partial charge in [-0.3, -0.25) is 0 Å². The zero-order valence-corrected chi connectivity index (χ0v) is 26.6. The van der Waals surface area contributed by atoms with E-state index >= 15 is 4.20 Å². The highest BCUT2D eigenvalue weighted by molar-refractivity contribution is 7.44. The SMILES string of the molecule is CC(C)CCC[C@@H](C)[C@H]1CC[C@H]2[C@@H]3CC=C4C[C@@H](OP(F)N(C(C)C)C(C)C)CC[C@]4(C)[C@H]3CC[C@]12C. The Hall–Kier alpha value is 0.0200. The molecule has 4 heteroatoms.